The van der Waals surface area contributed by atoms with Crippen LogP contribution in [0.1, 0.15) is 36.6 Å². The van der Waals surface area contributed by atoms with E-state index in [1.54, 1.807) is 62.4 Å². The van der Waals surface area contributed by atoms with Gasteiger partial charge in [-0.25, -0.2) is 15.0 Å². The van der Waals surface area contributed by atoms with Gasteiger partial charge in [-0.3, -0.25) is 4.79 Å². The second kappa shape index (κ2) is 15.1. The first kappa shape index (κ1) is 32.2. The Morgan fingerprint density at radius 2 is 1.77 bits per heavy atom. The molecule has 0 saturated heterocycles. The Labute approximate surface area is 264 Å². The number of methoxy groups -OCH3 is 1. The highest BCUT2D eigenvalue weighted by Gasteiger charge is 2.32. The Bertz CT molecular complexity index is 1610. The average molecular weight is 642 g/mol. The molecule has 1 atom stereocenters. The van der Waals surface area contributed by atoms with Crippen molar-refractivity contribution in [2.45, 2.75) is 26.5 Å². The number of rotatable bonds is 12. The molecule has 0 unspecified atom stereocenters. The van der Waals surface area contributed by atoms with Crippen molar-refractivity contribution in [3.63, 3.8) is 0 Å². The molecule has 1 heterocycles. The molecule has 11 nitrogen and oxygen atoms in total. The minimum absolute atomic E-state index is 0.177. The molecular formula is C31H30Cl2N4O7. The Morgan fingerprint density at radius 3 is 2.52 bits per heavy atom. The van der Waals surface area contributed by atoms with Crippen molar-refractivity contribution in [3.8, 4) is 17.2 Å². The van der Waals surface area contributed by atoms with Gasteiger partial charge in [-0.05, 0) is 67.4 Å². The number of hydrazone groups is 1. The number of allylic oxidation sites excluding steroid dienone is 1. The number of hydrogen-bond acceptors (Lipinski definition) is 8. The van der Waals surface area contributed by atoms with Gasteiger partial charge in [-0.2, -0.15) is 5.10 Å². The van der Waals surface area contributed by atoms with E-state index < -0.39 is 23.9 Å². The molecule has 0 spiro atoms. The highest BCUT2D eigenvalue weighted by atomic mass is 35.5. The Kier molecular flexibility index (Phi) is 11.1. The van der Waals surface area contributed by atoms with E-state index in [2.05, 4.69) is 21.2 Å². The number of benzene rings is 3. The molecule has 1 aliphatic heterocycles. The molecule has 3 aromatic rings. The summed E-state index contributed by atoms with van der Waals surface area (Å²) in [5.74, 6) is -0.0378. The van der Waals surface area contributed by atoms with Gasteiger partial charge < -0.3 is 29.6 Å². The van der Waals surface area contributed by atoms with Gasteiger partial charge in [0.05, 0.1) is 31.5 Å². The zero-order valence-electron chi connectivity index (χ0n) is 24.1. The van der Waals surface area contributed by atoms with Gasteiger partial charge in [0.25, 0.3) is 5.91 Å². The molecule has 0 aliphatic carbocycles. The molecule has 0 saturated carbocycles. The van der Waals surface area contributed by atoms with Crippen molar-refractivity contribution in [3.05, 3.63) is 98.7 Å². The largest absolute Gasteiger partial charge is 0.493 e. The number of urea groups is 1. The maximum Gasteiger partial charge on any atom is 0.338 e. The van der Waals surface area contributed by atoms with Crippen LogP contribution in [0, 0.1) is 0 Å². The summed E-state index contributed by atoms with van der Waals surface area (Å²) in [4.78, 5) is 37.3. The summed E-state index contributed by atoms with van der Waals surface area (Å²) < 4.78 is 22.2. The Morgan fingerprint density at radius 1 is 1.00 bits per heavy atom. The second-order valence-corrected chi connectivity index (χ2v) is 10.3. The van der Waals surface area contributed by atoms with Crippen LogP contribution in [0.25, 0.3) is 0 Å². The molecule has 0 fully saturated rings. The summed E-state index contributed by atoms with van der Waals surface area (Å²) in [6, 6.07) is 15.9. The molecule has 0 bridgehead atoms. The van der Waals surface area contributed by atoms with E-state index in [1.165, 1.54) is 13.3 Å². The number of ether oxygens (including phenoxy) is 4. The lowest BCUT2D eigenvalue weighted by atomic mass is 9.95. The number of nitrogens with zero attached hydrogens (tertiary/aromatic N) is 1. The lowest BCUT2D eigenvalue weighted by Gasteiger charge is -2.28. The molecule has 0 aromatic heterocycles. The van der Waals surface area contributed by atoms with Crippen LogP contribution < -0.4 is 30.3 Å². The van der Waals surface area contributed by atoms with E-state index in [-0.39, 0.29) is 36.9 Å². The van der Waals surface area contributed by atoms with Crippen LogP contribution in [0.3, 0.4) is 0 Å². The van der Waals surface area contributed by atoms with Crippen molar-refractivity contribution in [2.24, 2.45) is 5.10 Å². The zero-order chi connectivity index (χ0) is 31.6. The molecule has 1 aliphatic rings. The topological polar surface area (TPSA) is 137 Å². The molecule has 3 aromatic carbocycles. The minimum Gasteiger partial charge on any atom is -0.493 e. The number of hydrogen-bond donors (Lipinski definition) is 3. The number of nitrogens with one attached hydrogen (secondary N) is 3. The smallest absolute Gasteiger partial charge is 0.338 e. The molecule has 230 valence electrons. The highest BCUT2D eigenvalue weighted by Crippen LogP contribution is 2.34. The maximum absolute atomic E-state index is 12.6. The predicted molar refractivity (Wildman–Crippen MR) is 165 cm³/mol. The first-order valence-corrected chi connectivity index (χ1v) is 14.2. The summed E-state index contributed by atoms with van der Waals surface area (Å²) in [6.07, 6.45) is 1.41. The molecule has 4 rings (SSSR count). The number of carbonyl (C=O) groups excluding carboxylic acids is 3. The maximum atomic E-state index is 12.6. The average Bonchev–Trinajstić information content (AvgIpc) is 2.99. The second-order valence-electron chi connectivity index (χ2n) is 9.38. The normalized spacial score (nSPS) is 14.5. The fourth-order valence-corrected chi connectivity index (χ4v) is 4.69. The van der Waals surface area contributed by atoms with Crippen LogP contribution in [-0.4, -0.2) is 44.4 Å². The SMILES string of the molecule is CCOC(=O)C1=C(C)NC(=O)N[C@@H]1c1ccc(OCC(=O)N/N=C/c2cc(Cl)ccc2OCc2cccc(Cl)c2)c(OC)c1. The molecule has 3 amide bonds. The van der Waals surface area contributed by atoms with Crippen molar-refractivity contribution >= 4 is 47.3 Å². The van der Waals surface area contributed by atoms with Gasteiger partial charge >= 0.3 is 12.0 Å². The first-order valence-electron chi connectivity index (χ1n) is 13.4. The Hall–Kier alpha value is -4.74. The van der Waals surface area contributed by atoms with Crippen LogP contribution in [0.2, 0.25) is 10.0 Å². The fourth-order valence-electron chi connectivity index (χ4n) is 4.30. The lowest BCUT2D eigenvalue weighted by Crippen LogP contribution is -2.45. The van der Waals surface area contributed by atoms with E-state index in [1.807, 2.05) is 12.1 Å². The number of carbonyl (C=O) groups is 3. The van der Waals surface area contributed by atoms with Gasteiger partial charge in [-0.1, -0.05) is 41.4 Å². The third-order valence-electron chi connectivity index (χ3n) is 6.29. The van der Waals surface area contributed by atoms with Gasteiger partial charge in [0.1, 0.15) is 12.4 Å². The first-order chi connectivity index (χ1) is 21.2. The van der Waals surface area contributed by atoms with Crippen LogP contribution in [-0.2, 0) is 20.9 Å². The third kappa shape index (κ3) is 8.42. The highest BCUT2D eigenvalue weighted by molar-refractivity contribution is 6.31. The van der Waals surface area contributed by atoms with Crippen molar-refractivity contribution in [2.75, 3.05) is 20.3 Å². The number of halogens is 2. The van der Waals surface area contributed by atoms with Crippen molar-refractivity contribution in [1.29, 1.82) is 0 Å². The monoisotopic (exact) mass is 640 g/mol. The van der Waals surface area contributed by atoms with Gasteiger partial charge in [0.2, 0.25) is 0 Å². The van der Waals surface area contributed by atoms with E-state index in [0.717, 1.165) is 5.56 Å². The van der Waals surface area contributed by atoms with Crippen molar-refractivity contribution in [1.82, 2.24) is 16.1 Å². The van der Waals surface area contributed by atoms with Crippen LogP contribution in [0.5, 0.6) is 17.2 Å². The van der Waals surface area contributed by atoms with E-state index in [9.17, 15) is 14.4 Å². The van der Waals surface area contributed by atoms with E-state index >= 15 is 0 Å². The van der Waals surface area contributed by atoms with Crippen LogP contribution >= 0.6 is 23.2 Å². The fraction of sp³-hybridized carbons (Fsp3) is 0.226. The standard InChI is InChI=1S/C31H30Cl2N4O7/c1-4-42-30(39)28-18(2)35-31(40)36-29(28)20-8-10-25(26(14-20)41-3)44-17-27(38)37-34-15-21-13-23(33)9-11-24(21)43-16-19-6-5-7-22(32)12-19/h5-15,29H,4,16-17H2,1-3H3,(H,37,38)(H2,35,36,40)/b34-15+/t29-/m1/s1. The van der Waals surface area contributed by atoms with Crippen LogP contribution in [0.15, 0.2) is 77.0 Å². The Balaban J connectivity index is 1.39. The molecule has 3 N–H and O–H groups in total. The van der Waals surface area contributed by atoms with E-state index in [4.69, 9.17) is 42.1 Å². The minimum atomic E-state index is -0.783. The summed E-state index contributed by atoms with van der Waals surface area (Å²) in [6.45, 7) is 3.39. The summed E-state index contributed by atoms with van der Waals surface area (Å²) in [5, 5.41) is 10.4. The summed E-state index contributed by atoms with van der Waals surface area (Å²) in [5.41, 5.74) is 5.04. The van der Waals surface area contributed by atoms with Gasteiger partial charge in [0, 0.05) is 21.3 Å². The predicted octanol–water partition coefficient (Wildman–Crippen LogP) is 5.30. The summed E-state index contributed by atoms with van der Waals surface area (Å²) in [7, 11) is 1.43. The van der Waals surface area contributed by atoms with Gasteiger partial charge in [0.15, 0.2) is 18.1 Å². The quantitative estimate of drug-likeness (QED) is 0.139. The molecule has 44 heavy (non-hydrogen) atoms. The van der Waals surface area contributed by atoms with Gasteiger partial charge in [-0.15, -0.1) is 0 Å². The summed E-state index contributed by atoms with van der Waals surface area (Å²) >= 11 is 12.2. The molecule has 0 radical (unpaired) electrons. The number of esters is 1. The molecule has 13 heteroatoms. The zero-order valence-corrected chi connectivity index (χ0v) is 25.6. The lowest BCUT2D eigenvalue weighted by molar-refractivity contribution is -0.139. The molecular weight excluding hydrogens is 611 g/mol. The third-order valence-corrected chi connectivity index (χ3v) is 6.76. The van der Waals surface area contributed by atoms with Crippen LogP contribution in [0.4, 0.5) is 4.79 Å². The van der Waals surface area contributed by atoms with E-state index in [0.29, 0.717) is 32.6 Å². The number of amides is 3. The van der Waals surface area contributed by atoms with Crippen molar-refractivity contribution < 1.29 is 33.3 Å².